The molecule has 0 spiro atoms. The van der Waals surface area contributed by atoms with E-state index in [9.17, 15) is 18.8 Å². The zero-order chi connectivity index (χ0) is 22.9. The van der Waals surface area contributed by atoms with Crippen molar-refractivity contribution in [2.24, 2.45) is 0 Å². The fourth-order valence-electron chi connectivity index (χ4n) is 2.70. The number of hydrogen-bond donors (Lipinski definition) is 2. The summed E-state index contributed by atoms with van der Waals surface area (Å²) in [5, 5.41) is 5.06. The summed E-state index contributed by atoms with van der Waals surface area (Å²) in [4.78, 5) is 37.4. The Labute approximate surface area is 177 Å². The maximum absolute atomic E-state index is 14.2. The summed E-state index contributed by atoms with van der Waals surface area (Å²) in [5.74, 6) is -1.36. The van der Waals surface area contributed by atoms with Crippen LogP contribution in [0.4, 0.5) is 9.18 Å². The first kappa shape index (κ1) is 25.4. The van der Waals surface area contributed by atoms with Gasteiger partial charge in [-0.3, -0.25) is 4.79 Å². The Hall–Kier alpha value is -2.64. The van der Waals surface area contributed by atoms with Crippen LogP contribution in [0, 0.1) is 0 Å². The van der Waals surface area contributed by atoms with Crippen molar-refractivity contribution in [1.29, 1.82) is 0 Å². The van der Waals surface area contributed by atoms with E-state index in [0.29, 0.717) is 0 Å². The van der Waals surface area contributed by atoms with Crippen LogP contribution in [-0.2, 0) is 25.5 Å². The first-order valence-electron chi connectivity index (χ1n) is 10.00. The largest absolute Gasteiger partial charge is 0.464 e. The van der Waals surface area contributed by atoms with Gasteiger partial charge in [0.25, 0.3) is 0 Å². The average molecular weight is 425 g/mol. The van der Waals surface area contributed by atoms with Crippen LogP contribution in [0.15, 0.2) is 30.3 Å². The third-order valence-electron chi connectivity index (χ3n) is 3.87. The Kier molecular flexibility index (Phi) is 9.26. The van der Waals surface area contributed by atoms with Gasteiger partial charge in [-0.1, -0.05) is 30.3 Å². The van der Waals surface area contributed by atoms with Gasteiger partial charge in [-0.25, -0.2) is 14.0 Å². The van der Waals surface area contributed by atoms with E-state index in [1.165, 1.54) is 13.8 Å². The third kappa shape index (κ3) is 10.2. The molecule has 0 saturated heterocycles. The van der Waals surface area contributed by atoms with Gasteiger partial charge in [0, 0.05) is 12.8 Å². The lowest BCUT2D eigenvalue weighted by Gasteiger charge is -2.26. The highest BCUT2D eigenvalue weighted by molar-refractivity contribution is 5.90. The molecule has 0 heterocycles. The molecule has 2 amide bonds. The predicted molar refractivity (Wildman–Crippen MR) is 112 cm³/mol. The second kappa shape index (κ2) is 10.9. The molecule has 8 heteroatoms. The van der Waals surface area contributed by atoms with Gasteiger partial charge in [0.15, 0.2) is 0 Å². The third-order valence-corrected chi connectivity index (χ3v) is 3.87. The molecule has 30 heavy (non-hydrogen) atoms. The van der Waals surface area contributed by atoms with Crippen LogP contribution in [0.2, 0.25) is 0 Å². The summed E-state index contributed by atoms with van der Waals surface area (Å²) in [7, 11) is 0. The number of alkyl carbamates (subject to hydrolysis) is 1. The topological polar surface area (TPSA) is 93.7 Å². The summed E-state index contributed by atoms with van der Waals surface area (Å²) < 4.78 is 24.4. The minimum atomic E-state index is -1.71. The van der Waals surface area contributed by atoms with Crippen LogP contribution in [0.1, 0.15) is 53.5 Å². The molecule has 0 aliphatic heterocycles. The number of amides is 2. The molecule has 0 unspecified atom stereocenters. The quantitative estimate of drug-likeness (QED) is 0.593. The number of carbonyl (C=O) groups is 3. The molecule has 168 valence electrons. The van der Waals surface area contributed by atoms with Gasteiger partial charge in [0.2, 0.25) is 5.91 Å². The maximum Gasteiger partial charge on any atom is 0.408 e. The second-order valence-electron chi connectivity index (χ2n) is 8.62. The van der Waals surface area contributed by atoms with Crippen molar-refractivity contribution < 1.29 is 28.2 Å². The number of halogens is 1. The monoisotopic (exact) mass is 424 g/mol. The van der Waals surface area contributed by atoms with Gasteiger partial charge < -0.3 is 20.1 Å². The maximum atomic E-state index is 14.2. The van der Waals surface area contributed by atoms with Crippen LogP contribution >= 0.6 is 0 Å². The summed E-state index contributed by atoms with van der Waals surface area (Å²) >= 11 is 0. The van der Waals surface area contributed by atoms with Crippen molar-refractivity contribution in [3.8, 4) is 0 Å². The first-order valence-corrected chi connectivity index (χ1v) is 10.00. The molecular formula is C22H33FN2O5. The lowest BCUT2D eigenvalue weighted by Crippen LogP contribution is -2.54. The summed E-state index contributed by atoms with van der Waals surface area (Å²) in [6.45, 7) is 9.47. The second-order valence-corrected chi connectivity index (χ2v) is 8.62. The Morgan fingerprint density at radius 2 is 1.60 bits per heavy atom. The molecule has 1 aromatic rings. The average Bonchev–Trinajstić information content (AvgIpc) is 2.59. The number of hydrogen-bond acceptors (Lipinski definition) is 5. The summed E-state index contributed by atoms with van der Waals surface area (Å²) in [6, 6.07) is 6.86. The van der Waals surface area contributed by atoms with E-state index in [-0.39, 0.29) is 19.4 Å². The van der Waals surface area contributed by atoms with Gasteiger partial charge in [-0.05, 0) is 47.1 Å². The summed E-state index contributed by atoms with van der Waals surface area (Å²) in [6.07, 6.45) is -0.861. The predicted octanol–water partition coefficient (Wildman–Crippen LogP) is 3.31. The van der Waals surface area contributed by atoms with Gasteiger partial charge in [-0.15, -0.1) is 0 Å². The molecule has 1 aromatic carbocycles. The molecule has 0 fully saturated rings. The van der Waals surface area contributed by atoms with Crippen molar-refractivity contribution in [3.05, 3.63) is 35.9 Å². The van der Waals surface area contributed by atoms with E-state index >= 15 is 0 Å². The molecule has 0 aromatic heterocycles. The number of alkyl halides is 1. The van der Waals surface area contributed by atoms with Crippen LogP contribution in [-0.4, -0.2) is 47.9 Å². The normalized spacial score (nSPS) is 13.7. The molecule has 2 N–H and O–H groups in total. The number of carbonyl (C=O) groups excluding carboxylic acids is 3. The Bertz CT molecular complexity index is 710. The standard InChI is InChI=1S/C22H33FN2O5/c1-7-29-19(27)17(14-22(5,6)23)24-18(26)16(13-15-11-9-8-10-12-15)25-20(28)30-21(2,3)4/h8-12,16-17H,7,13-14H2,1-6H3,(H,24,26)(H,25,28)/t16-,17-/m1/s1. The Balaban J connectivity index is 3.02. The number of esters is 1. The highest BCUT2D eigenvalue weighted by atomic mass is 19.1. The van der Waals surface area contributed by atoms with E-state index in [1.54, 1.807) is 27.7 Å². The number of nitrogens with one attached hydrogen (secondary N) is 2. The molecule has 2 atom stereocenters. The van der Waals surface area contributed by atoms with Crippen molar-refractivity contribution in [2.45, 2.75) is 77.7 Å². The van der Waals surface area contributed by atoms with Gasteiger partial charge in [-0.2, -0.15) is 0 Å². The molecular weight excluding hydrogens is 391 g/mol. The van der Waals surface area contributed by atoms with Crippen LogP contribution in [0.25, 0.3) is 0 Å². The minimum Gasteiger partial charge on any atom is -0.464 e. The lowest BCUT2D eigenvalue weighted by atomic mass is 9.99. The Morgan fingerprint density at radius 3 is 2.10 bits per heavy atom. The zero-order valence-corrected chi connectivity index (χ0v) is 18.6. The molecule has 1 rings (SSSR count). The van der Waals surface area contributed by atoms with Crippen molar-refractivity contribution in [3.63, 3.8) is 0 Å². The molecule has 0 radical (unpaired) electrons. The van der Waals surface area contributed by atoms with Crippen molar-refractivity contribution in [1.82, 2.24) is 10.6 Å². The fraction of sp³-hybridized carbons (Fsp3) is 0.591. The Morgan fingerprint density at radius 1 is 1.00 bits per heavy atom. The van der Waals surface area contributed by atoms with Crippen molar-refractivity contribution in [2.75, 3.05) is 6.61 Å². The minimum absolute atomic E-state index is 0.0987. The van der Waals surface area contributed by atoms with E-state index in [2.05, 4.69) is 10.6 Å². The molecule has 7 nitrogen and oxygen atoms in total. The van der Waals surface area contributed by atoms with Crippen LogP contribution in [0.3, 0.4) is 0 Å². The van der Waals surface area contributed by atoms with E-state index < -0.39 is 41.3 Å². The van der Waals surface area contributed by atoms with E-state index in [1.807, 2.05) is 30.3 Å². The van der Waals surface area contributed by atoms with Crippen LogP contribution in [0.5, 0.6) is 0 Å². The highest BCUT2D eigenvalue weighted by Crippen LogP contribution is 2.17. The van der Waals surface area contributed by atoms with E-state index in [4.69, 9.17) is 9.47 Å². The number of benzene rings is 1. The van der Waals surface area contributed by atoms with Gasteiger partial charge in [0.05, 0.1) is 6.61 Å². The highest BCUT2D eigenvalue weighted by Gasteiger charge is 2.33. The molecule has 0 bridgehead atoms. The molecule has 0 aliphatic rings. The molecule has 0 saturated carbocycles. The zero-order valence-electron chi connectivity index (χ0n) is 18.6. The summed E-state index contributed by atoms with van der Waals surface area (Å²) in [5.41, 5.74) is -1.66. The lowest BCUT2D eigenvalue weighted by molar-refractivity contribution is -0.148. The first-order chi connectivity index (χ1) is 13.8. The van der Waals surface area contributed by atoms with E-state index in [0.717, 1.165) is 5.56 Å². The fourth-order valence-corrected chi connectivity index (χ4v) is 2.70. The number of ether oxygens (including phenoxy) is 2. The van der Waals surface area contributed by atoms with Gasteiger partial charge in [0.1, 0.15) is 23.4 Å². The smallest absolute Gasteiger partial charge is 0.408 e. The SMILES string of the molecule is CCOC(=O)[C@@H](CC(C)(C)F)NC(=O)[C@@H](Cc1ccccc1)NC(=O)OC(C)(C)C. The number of rotatable bonds is 9. The van der Waals surface area contributed by atoms with Crippen molar-refractivity contribution >= 4 is 18.0 Å². The van der Waals surface area contributed by atoms with Crippen LogP contribution < -0.4 is 10.6 Å². The molecule has 0 aliphatic carbocycles. The van der Waals surface area contributed by atoms with Gasteiger partial charge >= 0.3 is 12.1 Å².